The van der Waals surface area contributed by atoms with Crippen molar-refractivity contribution in [1.82, 2.24) is 10.2 Å². The summed E-state index contributed by atoms with van der Waals surface area (Å²) < 4.78 is 11.4. The molecule has 1 unspecified atom stereocenters. The number of hydrogen-bond acceptors (Lipinski definition) is 7. The molecule has 0 radical (unpaired) electrons. The fourth-order valence-corrected chi connectivity index (χ4v) is 3.98. The molecule has 1 saturated heterocycles. The molecular weight excluding hydrogens is 406 g/mol. The van der Waals surface area contributed by atoms with E-state index < -0.39 is 6.04 Å². The van der Waals surface area contributed by atoms with E-state index in [2.05, 4.69) is 5.32 Å². The van der Waals surface area contributed by atoms with Crippen LogP contribution in [0, 0.1) is 0 Å². The van der Waals surface area contributed by atoms with Crippen LogP contribution < -0.4 is 20.5 Å². The first-order chi connectivity index (χ1) is 14.5. The standard InChI is InChI=1S/C21H21N3O5S/c22-14-4-7-18-16(11-14)19(25)24(12-29-18)8-1-9-28-15-5-2-13(3-6-15)10-17-20(26)30-21(27)23-17/h2-7,11,17H,1,8-10,12,22H2,(H,23,27). The second-order valence-corrected chi connectivity index (χ2v) is 8.03. The number of fused-ring (bicyclic) bond motifs is 1. The van der Waals surface area contributed by atoms with Crippen LogP contribution in [-0.2, 0) is 11.2 Å². The van der Waals surface area contributed by atoms with Crippen LogP contribution in [0.5, 0.6) is 11.5 Å². The van der Waals surface area contributed by atoms with Gasteiger partial charge in [0.1, 0.15) is 17.5 Å². The molecule has 0 saturated carbocycles. The molecule has 9 heteroatoms. The van der Waals surface area contributed by atoms with E-state index in [9.17, 15) is 14.4 Å². The van der Waals surface area contributed by atoms with Gasteiger partial charge in [-0.15, -0.1) is 0 Å². The lowest BCUT2D eigenvalue weighted by molar-refractivity contribution is -0.112. The molecule has 2 aliphatic heterocycles. The van der Waals surface area contributed by atoms with Crippen molar-refractivity contribution in [2.75, 3.05) is 25.6 Å². The second kappa shape index (κ2) is 8.66. The summed E-state index contributed by atoms with van der Waals surface area (Å²) in [5, 5.41) is 2.20. The number of nitrogens with zero attached hydrogens (tertiary/aromatic N) is 1. The number of nitrogens with two attached hydrogens (primary N) is 1. The Morgan fingerprint density at radius 3 is 2.70 bits per heavy atom. The van der Waals surface area contributed by atoms with Crippen LogP contribution in [0.4, 0.5) is 10.5 Å². The molecule has 8 nitrogen and oxygen atoms in total. The van der Waals surface area contributed by atoms with Crippen molar-refractivity contribution >= 4 is 33.7 Å². The molecule has 2 aromatic carbocycles. The van der Waals surface area contributed by atoms with Gasteiger partial charge in [0, 0.05) is 30.4 Å². The molecular formula is C21H21N3O5S. The summed E-state index contributed by atoms with van der Waals surface area (Å²) in [5.41, 5.74) is 7.71. The number of rotatable bonds is 7. The highest BCUT2D eigenvalue weighted by Gasteiger charge is 2.31. The molecule has 30 heavy (non-hydrogen) atoms. The summed E-state index contributed by atoms with van der Waals surface area (Å²) in [4.78, 5) is 37.1. The van der Waals surface area contributed by atoms with Gasteiger partial charge >= 0.3 is 0 Å². The molecule has 0 bridgehead atoms. The van der Waals surface area contributed by atoms with Gasteiger partial charge in [-0.05, 0) is 42.3 Å². The maximum Gasteiger partial charge on any atom is 0.287 e. The maximum absolute atomic E-state index is 12.6. The van der Waals surface area contributed by atoms with Crippen molar-refractivity contribution in [2.24, 2.45) is 0 Å². The SMILES string of the molecule is Nc1ccc2c(c1)C(=O)N(CCCOc1ccc(CC3NC(=O)SC3=O)cc1)CO2. The molecule has 1 atom stereocenters. The minimum atomic E-state index is -0.473. The second-order valence-electron chi connectivity index (χ2n) is 7.05. The largest absolute Gasteiger partial charge is 0.494 e. The molecule has 2 heterocycles. The molecule has 0 aromatic heterocycles. The number of carbonyl (C=O) groups is 3. The first-order valence-corrected chi connectivity index (χ1v) is 10.4. The summed E-state index contributed by atoms with van der Waals surface area (Å²) in [7, 11) is 0. The fraction of sp³-hybridized carbons (Fsp3) is 0.286. The number of amides is 2. The minimum Gasteiger partial charge on any atom is -0.494 e. The third-order valence-electron chi connectivity index (χ3n) is 4.87. The smallest absolute Gasteiger partial charge is 0.287 e. The Morgan fingerprint density at radius 1 is 1.17 bits per heavy atom. The van der Waals surface area contributed by atoms with Gasteiger partial charge in [-0.3, -0.25) is 14.4 Å². The zero-order valence-electron chi connectivity index (χ0n) is 16.1. The summed E-state index contributed by atoms with van der Waals surface area (Å²) in [6, 6.07) is 12.0. The van der Waals surface area contributed by atoms with Crippen molar-refractivity contribution in [2.45, 2.75) is 18.9 Å². The van der Waals surface area contributed by atoms with E-state index in [4.69, 9.17) is 15.2 Å². The molecule has 2 amide bonds. The van der Waals surface area contributed by atoms with Gasteiger partial charge in [0.2, 0.25) is 5.12 Å². The average Bonchev–Trinajstić information content (AvgIpc) is 3.05. The maximum atomic E-state index is 12.6. The van der Waals surface area contributed by atoms with Gasteiger partial charge in [0.05, 0.1) is 12.2 Å². The number of carbonyl (C=O) groups excluding carboxylic acids is 3. The van der Waals surface area contributed by atoms with Gasteiger partial charge in [0.15, 0.2) is 6.73 Å². The van der Waals surface area contributed by atoms with E-state index in [1.807, 2.05) is 24.3 Å². The van der Waals surface area contributed by atoms with Crippen molar-refractivity contribution < 1.29 is 23.9 Å². The van der Waals surface area contributed by atoms with E-state index in [0.29, 0.717) is 60.5 Å². The molecule has 2 aliphatic rings. The van der Waals surface area contributed by atoms with E-state index in [-0.39, 0.29) is 23.0 Å². The molecule has 2 aromatic rings. The molecule has 0 spiro atoms. The normalized spacial score (nSPS) is 18.1. The third-order valence-corrected chi connectivity index (χ3v) is 5.66. The zero-order valence-corrected chi connectivity index (χ0v) is 16.9. The Kier molecular flexibility index (Phi) is 5.80. The van der Waals surface area contributed by atoms with Crippen molar-refractivity contribution in [3.05, 3.63) is 53.6 Å². The predicted molar refractivity (Wildman–Crippen MR) is 113 cm³/mol. The number of ether oxygens (including phenoxy) is 2. The Labute approximate surface area is 177 Å². The number of nitrogen functional groups attached to an aromatic ring is 1. The number of nitrogens with one attached hydrogen (secondary N) is 1. The Balaban J connectivity index is 1.23. The van der Waals surface area contributed by atoms with Crippen molar-refractivity contribution in [1.29, 1.82) is 0 Å². The average molecular weight is 427 g/mol. The lowest BCUT2D eigenvalue weighted by Gasteiger charge is -2.28. The van der Waals surface area contributed by atoms with E-state index in [1.54, 1.807) is 23.1 Å². The van der Waals surface area contributed by atoms with Gasteiger partial charge in [-0.2, -0.15) is 0 Å². The van der Waals surface area contributed by atoms with Crippen LogP contribution in [0.15, 0.2) is 42.5 Å². The number of thioether (sulfide) groups is 1. The van der Waals surface area contributed by atoms with Gasteiger partial charge < -0.3 is 25.4 Å². The van der Waals surface area contributed by atoms with Crippen LogP contribution in [0.2, 0.25) is 0 Å². The first-order valence-electron chi connectivity index (χ1n) is 9.55. The predicted octanol–water partition coefficient (Wildman–Crippen LogP) is 2.42. The van der Waals surface area contributed by atoms with Crippen LogP contribution in [-0.4, -0.2) is 47.1 Å². The molecule has 156 valence electrons. The topological polar surface area (TPSA) is 111 Å². The summed E-state index contributed by atoms with van der Waals surface area (Å²) >= 11 is 0.717. The lowest BCUT2D eigenvalue weighted by Crippen LogP contribution is -2.39. The highest BCUT2D eigenvalue weighted by atomic mass is 32.2. The van der Waals surface area contributed by atoms with E-state index in [0.717, 1.165) is 5.56 Å². The number of benzene rings is 2. The molecule has 4 rings (SSSR count). The number of hydrogen-bond donors (Lipinski definition) is 2. The van der Waals surface area contributed by atoms with E-state index >= 15 is 0 Å². The molecule has 0 aliphatic carbocycles. The van der Waals surface area contributed by atoms with Crippen LogP contribution in [0.1, 0.15) is 22.3 Å². The highest BCUT2D eigenvalue weighted by Crippen LogP contribution is 2.27. The van der Waals surface area contributed by atoms with Crippen LogP contribution >= 0.6 is 11.8 Å². The highest BCUT2D eigenvalue weighted by molar-refractivity contribution is 8.26. The number of anilines is 1. The monoisotopic (exact) mass is 427 g/mol. The first kappa shape index (κ1) is 20.1. The van der Waals surface area contributed by atoms with Crippen molar-refractivity contribution in [3.63, 3.8) is 0 Å². The van der Waals surface area contributed by atoms with Crippen molar-refractivity contribution in [3.8, 4) is 11.5 Å². The summed E-state index contributed by atoms with van der Waals surface area (Å²) in [6.07, 6.45) is 1.11. The zero-order chi connectivity index (χ0) is 21.1. The fourth-order valence-electron chi connectivity index (χ4n) is 3.31. The Hall–Kier alpha value is -3.20. The summed E-state index contributed by atoms with van der Waals surface area (Å²) in [5.74, 6) is 1.16. The lowest BCUT2D eigenvalue weighted by atomic mass is 10.1. The van der Waals surface area contributed by atoms with Crippen LogP contribution in [0.3, 0.4) is 0 Å². The van der Waals surface area contributed by atoms with Crippen LogP contribution in [0.25, 0.3) is 0 Å². The third kappa shape index (κ3) is 4.51. The van der Waals surface area contributed by atoms with E-state index in [1.165, 1.54) is 0 Å². The minimum absolute atomic E-state index is 0.0976. The Bertz CT molecular complexity index is 979. The van der Waals surface area contributed by atoms with Gasteiger partial charge in [-0.1, -0.05) is 12.1 Å². The quantitative estimate of drug-likeness (QED) is 0.516. The molecule has 1 fully saturated rings. The Morgan fingerprint density at radius 2 is 1.97 bits per heavy atom. The van der Waals surface area contributed by atoms with Gasteiger partial charge in [-0.25, -0.2) is 0 Å². The molecule has 3 N–H and O–H groups in total. The van der Waals surface area contributed by atoms with Gasteiger partial charge in [0.25, 0.3) is 11.1 Å². The summed E-state index contributed by atoms with van der Waals surface area (Å²) in [6.45, 7) is 1.16.